The lowest BCUT2D eigenvalue weighted by molar-refractivity contribution is -0.402. The Balaban J connectivity index is 2.38. The van der Waals surface area contributed by atoms with Gasteiger partial charge in [-0.3, -0.25) is 10.1 Å². The average molecular weight is 242 g/mol. The third-order valence-corrected chi connectivity index (χ3v) is 2.52. The van der Waals surface area contributed by atoms with E-state index in [1.807, 2.05) is 13.8 Å². The lowest BCUT2D eigenvalue weighted by Crippen LogP contribution is -2.29. The topological polar surface area (TPSA) is 88.5 Å². The van der Waals surface area contributed by atoms with Gasteiger partial charge in [0.05, 0.1) is 12.6 Å². The molecule has 0 saturated heterocycles. The molecule has 0 atom stereocenters. The van der Waals surface area contributed by atoms with Gasteiger partial charge in [0.25, 0.3) is 0 Å². The molecule has 0 aromatic carbocycles. The summed E-state index contributed by atoms with van der Waals surface area (Å²) in [5.74, 6) is 0.299. The summed E-state index contributed by atoms with van der Waals surface area (Å²) >= 11 is 0. The van der Waals surface area contributed by atoms with E-state index in [-0.39, 0.29) is 17.9 Å². The van der Waals surface area contributed by atoms with Crippen LogP contribution in [0.25, 0.3) is 0 Å². The molecule has 0 unspecified atom stereocenters. The first kappa shape index (κ1) is 13.7. The van der Waals surface area contributed by atoms with E-state index in [0.717, 1.165) is 0 Å². The molecule has 1 heterocycles. The van der Waals surface area contributed by atoms with Crippen LogP contribution in [0.1, 0.15) is 26.0 Å². The third kappa shape index (κ3) is 4.54. The summed E-state index contributed by atoms with van der Waals surface area (Å²) < 4.78 is 5.01. The van der Waals surface area contributed by atoms with E-state index in [9.17, 15) is 10.1 Å². The Labute approximate surface area is 99.8 Å². The van der Waals surface area contributed by atoms with Gasteiger partial charge in [0.2, 0.25) is 0 Å². The summed E-state index contributed by atoms with van der Waals surface area (Å²) in [6, 6.07) is 2.93. The van der Waals surface area contributed by atoms with Gasteiger partial charge < -0.3 is 14.8 Å². The first-order valence-corrected chi connectivity index (χ1v) is 5.49. The number of nitro groups is 1. The second-order valence-corrected chi connectivity index (χ2v) is 4.74. The monoisotopic (exact) mass is 242 g/mol. The second-order valence-electron chi connectivity index (χ2n) is 4.74. The molecule has 0 spiro atoms. The molecule has 17 heavy (non-hydrogen) atoms. The van der Waals surface area contributed by atoms with Crippen LogP contribution in [0.15, 0.2) is 16.5 Å². The predicted octanol–water partition coefficient (Wildman–Crippen LogP) is 1.69. The molecule has 1 aromatic rings. The quantitative estimate of drug-likeness (QED) is 0.561. The van der Waals surface area contributed by atoms with Gasteiger partial charge in [0.1, 0.15) is 10.7 Å². The highest BCUT2D eigenvalue weighted by molar-refractivity contribution is 5.17. The fourth-order valence-corrected chi connectivity index (χ4v) is 1.47. The second kappa shape index (κ2) is 5.79. The average Bonchev–Trinajstić information content (AvgIpc) is 2.66. The zero-order chi connectivity index (χ0) is 12.9. The molecule has 0 amide bonds. The summed E-state index contributed by atoms with van der Waals surface area (Å²) in [6.45, 7) is 5.40. The molecule has 96 valence electrons. The van der Waals surface area contributed by atoms with Crippen molar-refractivity contribution in [3.05, 3.63) is 28.0 Å². The van der Waals surface area contributed by atoms with Gasteiger partial charge in [0.15, 0.2) is 0 Å². The van der Waals surface area contributed by atoms with E-state index in [0.29, 0.717) is 25.3 Å². The molecule has 6 nitrogen and oxygen atoms in total. The van der Waals surface area contributed by atoms with Crippen LogP contribution in [0.3, 0.4) is 0 Å². The molecule has 0 bridgehead atoms. The fourth-order valence-electron chi connectivity index (χ4n) is 1.47. The fraction of sp³-hybridized carbons (Fsp3) is 0.636. The summed E-state index contributed by atoms with van der Waals surface area (Å²) in [6.07, 6.45) is 0.707. The summed E-state index contributed by atoms with van der Waals surface area (Å²) in [5, 5.41) is 22.4. The van der Waals surface area contributed by atoms with Crippen LogP contribution in [0.5, 0.6) is 0 Å². The number of aliphatic hydroxyl groups excluding tert-OH is 1. The van der Waals surface area contributed by atoms with Crippen LogP contribution >= 0.6 is 0 Å². The molecule has 2 N–H and O–H groups in total. The van der Waals surface area contributed by atoms with Crippen molar-refractivity contribution in [1.29, 1.82) is 0 Å². The van der Waals surface area contributed by atoms with Gasteiger partial charge in [-0.1, -0.05) is 13.8 Å². The molecule has 0 saturated carbocycles. The Morgan fingerprint density at radius 3 is 2.76 bits per heavy atom. The highest BCUT2D eigenvalue weighted by Gasteiger charge is 2.17. The van der Waals surface area contributed by atoms with Gasteiger partial charge >= 0.3 is 5.88 Å². The summed E-state index contributed by atoms with van der Waals surface area (Å²) in [5.41, 5.74) is -0.00667. The summed E-state index contributed by atoms with van der Waals surface area (Å²) in [4.78, 5) is 9.84. The maximum atomic E-state index is 10.4. The molecule has 0 aliphatic rings. The van der Waals surface area contributed by atoms with Crippen LogP contribution in [0.4, 0.5) is 5.88 Å². The standard InChI is InChI=1S/C11H18N2O4/c1-11(2,5-6-14)8-12-7-9-3-4-10(17-9)13(15)16/h3-4,12,14H,5-8H2,1-2H3. The van der Waals surface area contributed by atoms with Gasteiger partial charge in [-0.05, 0) is 17.9 Å². The number of nitrogens with one attached hydrogen (secondary N) is 1. The highest BCUT2D eigenvalue weighted by atomic mass is 16.6. The normalized spacial score (nSPS) is 11.7. The van der Waals surface area contributed by atoms with Crippen molar-refractivity contribution >= 4 is 5.88 Å². The molecule has 0 aliphatic heterocycles. The van der Waals surface area contributed by atoms with Gasteiger partial charge in [-0.2, -0.15) is 0 Å². The van der Waals surface area contributed by atoms with Crippen molar-refractivity contribution in [3.63, 3.8) is 0 Å². The highest BCUT2D eigenvalue weighted by Crippen LogP contribution is 2.19. The molecule has 1 aromatic heterocycles. The van der Waals surface area contributed by atoms with E-state index in [1.54, 1.807) is 6.07 Å². The number of aliphatic hydroxyl groups is 1. The predicted molar refractivity (Wildman–Crippen MR) is 62.6 cm³/mol. The van der Waals surface area contributed by atoms with Crippen molar-refractivity contribution in [2.24, 2.45) is 5.41 Å². The molecule has 1 rings (SSSR count). The van der Waals surface area contributed by atoms with E-state index in [1.165, 1.54) is 6.07 Å². The summed E-state index contributed by atoms with van der Waals surface area (Å²) in [7, 11) is 0. The van der Waals surface area contributed by atoms with Crippen LogP contribution < -0.4 is 5.32 Å². The van der Waals surface area contributed by atoms with E-state index in [2.05, 4.69) is 5.32 Å². The van der Waals surface area contributed by atoms with E-state index < -0.39 is 4.92 Å². The van der Waals surface area contributed by atoms with Crippen molar-refractivity contribution in [3.8, 4) is 0 Å². The maximum absolute atomic E-state index is 10.4. The zero-order valence-corrected chi connectivity index (χ0v) is 10.1. The van der Waals surface area contributed by atoms with Crippen molar-refractivity contribution < 1.29 is 14.4 Å². The van der Waals surface area contributed by atoms with Crippen LogP contribution in [-0.2, 0) is 6.54 Å². The molecular formula is C11H18N2O4. The minimum Gasteiger partial charge on any atom is -0.404 e. The number of hydrogen-bond acceptors (Lipinski definition) is 5. The van der Waals surface area contributed by atoms with E-state index >= 15 is 0 Å². The maximum Gasteiger partial charge on any atom is 0.433 e. The number of nitrogens with zero attached hydrogens (tertiary/aromatic N) is 1. The van der Waals surface area contributed by atoms with Crippen molar-refractivity contribution in [2.45, 2.75) is 26.8 Å². The van der Waals surface area contributed by atoms with Gasteiger partial charge in [-0.25, -0.2) is 0 Å². The zero-order valence-electron chi connectivity index (χ0n) is 10.1. The third-order valence-electron chi connectivity index (χ3n) is 2.52. The Bertz CT molecular complexity index is 373. The van der Waals surface area contributed by atoms with Crippen molar-refractivity contribution in [1.82, 2.24) is 5.32 Å². The molecular weight excluding hydrogens is 224 g/mol. The Hall–Kier alpha value is -1.40. The van der Waals surface area contributed by atoms with Crippen LogP contribution in [0.2, 0.25) is 0 Å². The van der Waals surface area contributed by atoms with E-state index in [4.69, 9.17) is 9.52 Å². The lowest BCUT2D eigenvalue weighted by Gasteiger charge is -2.23. The Morgan fingerprint density at radius 2 is 2.24 bits per heavy atom. The van der Waals surface area contributed by atoms with Crippen LogP contribution in [-0.4, -0.2) is 23.2 Å². The van der Waals surface area contributed by atoms with Gasteiger partial charge in [0, 0.05) is 13.2 Å². The SMILES string of the molecule is CC(C)(CCO)CNCc1ccc([N+](=O)[O-])o1. The minimum absolute atomic E-state index is 0.00667. The molecule has 6 heteroatoms. The van der Waals surface area contributed by atoms with Crippen LogP contribution in [0, 0.1) is 15.5 Å². The van der Waals surface area contributed by atoms with Crippen molar-refractivity contribution in [2.75, 3.05) is 13.2 Å². The number of furan rings is 1. The number of rotatable bonds is 7. The molecule has 0 radical (unpaired) electrons. The molecule has 0 aliphatic carbocycles. The Morgan fingerprint density at radius 1 is 1.53 bits per heavy atom. The first-order chi connectivity index (χ1) is 7.94. The lowest BCUT2D eigenvalue weighted by atomic mass is 9.90. The Kier molecular flexibility index (Phi) is 4.65. The smallest absolute Gasteiger partial charge is 0.404 e. The number of hydrogen-bond donors (Lipinski definition) is 2. The van der Waals surface area contributed by atoms with Gasteiger partial charge in [-0.15, -0.1) is 0 Å². The largest absolute Gasteiger partial charge is 0.433 e. The minimum atomic E-state index is -0.556. The first-order valence-electron chi connectivity index (χ1n) is 5.49. The molecule has 0 fully saturated rings.